The molecule has 0 bridgehead atoms. The zero-order chi connectivity index (χ0) is 12.7. The van der Waals surface area contributed by atoms with Gasteiger partial charge in [-0.15, -0.1) is 0 Å². The lowest BCUT2D eigenvalue weighted by atomic mass is 9.98. The first kappa shape index (κ1) is 14.9. The van der Waals surface area contributed by atoms with Crippen molar-refractivity contribution in [2.24, 2.45) is 11.8 Å². The van der Waals surface area contributed by atoms with Crippen LogP contribution >= 0.6 is 0 Å². The maximum atomic E-state index is 5.22. The second kappa shape index (κ2) is 8.06. The van der Waals surface area contributed by atoms with Crippen molar-refractivity contribution in [1.29, 1.82) is 0 Å². The van der Waals surface area contributed by atoms with Gasteiger partial charge >= 0.3 is 0 Å². The number of piperidine rings is 1. The van der Waals surface area contributed by atoms with E-state index in [9.17, 15) is 0 Å². The Labute approximate surface area is 107 Å². The molecule has 3 nitrogen and oxygen atoms in total. The highest BCUT2D eigenvalue weighted by atomic mass is 16.5. The molecule has 1 aliphatic rings. The van der Waals surface area contributed by atoms with Gasteiger partial charge in [0.1, 0.15) is 0 Å². The van der Waals surface area contributed by atoms with Crippen molar-refractivity contribution >= 4 is 0 Å². The molecule has 0 aromatic heterocycles. The molecule has 0 amide bonds. The van der Waals surface area contributed by atoms with Crippen molar-refractivity contribution in [3.63, 3.8) is 0 Å². The van der Waals surface area contributed by atoms with Crippen molar-refractivity contribution < 1.29 is 4.74 Å². The van der Waals surface area contributed by atoms with Gasteiger partial charge in [-0.05, 0) is 44.7 Å². The highest BCUT2D eigenvalue weighted by Gasteiger charge is 2.18. The minimum absolute atomic E-state index is 0.626. The van der Waals surface area contributed by atoms with Gasteiger partial charge in [-0.2, -0.15) is 0 Å². The number of rotatable bonds is 7. The number of nitrogens with one attached hydrogen (secondary N) is 1. The predicted octanol–water partition coefficient (Wildman–Crippen LogP) is 1.98. The molecule has 17 heavy (non-hydrogen) atoms. The van der Waals surface area contributed by atoms with E-state index >= 15 is 0 Å². The normalized spacial score (nSPS) is 21.0. The fourth-order valence-electron chi connectivity index (χ4n) is 2.30. The van der Waals surface area contributed by atoms with Gasteiger partial charge < -0.3 is 15.0 Å². The van der Waals surface area contributed by atoms with E-state index in [-0.39, 0.29) is 0 Å². The zero-order valence-electron chi connectivity index (χ0n) is 12.0. The third-order valence-electron chi connectivity index (χ3n) is 4.00. The first-order valence-corrected chi connectivity index (χ1v) is 7.08. The summed E-state index contributed by atoms with van der Waals surface area (Å²) in [4.78, 5) is 2.58. The van der Waals surface area contributed by atoms with E-state index in [0.717, 1.165) is 25.0 Å². The fourth-order valence-corrected chi connectivity index (χ4v) is 2.30. The van der Waals surface area contributed by atoms with Gasteiger partial charge in [0, 0.05) is 32.8 Å². The van der Waals surface area contributed by atoms with Crippen LogP contribution in [0.2, 0.25) is 0 Å². The van der Waals surface area contributed by atoms with Crippen molar-refractivity contribution in [2.45, 2.75) is 39.7 Å². The molecule has 1 aliphatic heterocycles. The molecule has 1 unspecified atom stereocenters. The smallest absolute Gasteiger partial charge is 0.0491 e. The van der Waals surface area contributed by atoms with Crippen LogP contribution in [0.3, 0.4) is 0 Å². The van der Waals surface area contributed by atoms with Crippen LogP contribution in [0.15, 0.2) is 0 Å². The Balaban J connectivity index is 2.06. The molecule has 1 N–H and O–H groups in total. The second-order valence-electron chi connectivity index (χ2n) is 5.73. The largest absolute Gasteiger partial charge is 0.384 e. The van der Waals surface area contributed by atoms with E-state index in [1.54, 1.807) is 0 Å². The molecule has 1 fully saturated rings. The van der Waals surface area contributed by atoms with E-state index < -0.39 is 0 Å². The summed E-state index contributed by atoms with van der Waals surface area (Å²) < 4.78 is 5.22. The lowest BCUT2D eigenvalue weighted by Gasteiger charge is -2.32. The Morgan fingerprint density at radius 1 is 1.24 bits per heavy atom. The quantitative estimate of drug-likeness (QED) is 0.739. The lowest BCUT2D eigenvalue weighted by Crippen LogP contribution is -2.41. The minimum atomic E-state index is 0.626. The SMILES string of the molecule is COCC1CCN(CCNC(C)C(C)C)CC1. The van der Waals surface area contributed by atoms with Crippen LogP contribution in [-0.2, 0) is 4.74 Å². The van der Waals surface area contributed by atoms with E-state index in [2.05, 4.69) is 31.0 Å². The van der Waals surface area contributed by atoms with Crippen LogP contribution in [-0.4, -0.2) is 50.8 Å². The summed E-state index contributed by atoms with van der Waals surface area (Å²) in [6, 6.07) is 0.626. The first-order chi connectivity index (χ1) is 8.13. The highest BCUT2D eigenvalue weighted by molar-refractivity contribution is 4.73. The average molecular weight is 242 g/mol. The van der Waals surface area contributed by atoms with Crippen molar-refractivity contribution in [3.8, 4) is 0 Å². The molecular weight excluding hydrogens is 212 g/mol. The summed E-state index contributed by atoms with van der Waals surface area (Å²) >= 11 is 0. The number of nitrogens with zero attached hydrogens (tertiary/aromatic N) is 1. The number of hydrogen-bond donors (Lipinski definition) is 1. The number of likely N-dealkylation sites (tertiary alicyclic amines) is 1. The second-order valence-corrected chi connectivity index (χ2v) is 5.73. The van der Waals surface area contributed by atoms with Gasteiger partial charge in [-0.1, -0.05) is 13.8 Å². The molecule has 1 saturated heterocycles. The van der Waals surface area contributed by atoms with Crippen LogP contribution in [0.4, 0.5) is 0 Å². The topological polar surface area (TPSA) is 24.5 Å². The third-order valence-corrected chi connectivity index (χ3v) is 4.00. The van der Waals surface area contributed by atoms with Gasteiger partial charge in [0.25, 0.3) is 0 Å². The molecule has 0 radical (unpaired) electrons. The summed E-state index contributed by atoms with van der Waals surface area (Å²) in [5, 5.41) is 3.60. The summed E-state index contributed by atoms with van der Waals surface area (Å²) in [6.45, 7) is 12.6. The van der Waals surface area contributed by atoms with Gasteiger partial charge in [-0.25, -0.2) is 0 Å². The molecule has 1 heterocycles. The molecule has 0 spiro atoms. The Kier molecular flexibility index (Phi) is 7.09. The molecule has 1 rings (SSSR count). The Hall–Kier alpha value is -0.120. The van der Waals surface area contributed by atoms with Crippen LogP contribution in [0.1, 0.15) is 33.6 Å². The van der Waals surface area contributed by atoms with Gasteiger partial charge in [0.05, 0.1) is 0 Å². The predicted molar refractivity (Wildman–Crippen MR) is 73.3 cm³/mol. The summed E-state index contributed by atoms with van der Waals surface area (Å²) in [7, 11) is 1.81. The van der Waals surface area contributed by atoms with Gasteiger partial charge in [-0.3, -0.25) is 0 Å². The molecule has 0 aliphatic carbocycles. The van der Waals surface area contributed by atoms with E-state index in [1.165, 1.54) is 32.5 Å². The summed E-state index contributed by atoms with van der Waals surface area (Å²) in [6.07, 6.45) is 2.60. The standard InChI is InChI=1S/C14H30N2O/c1-12(2)13(3)15-7-10-16-8-5-14(6-9-16)11-17-4/h12-15H,5-11H2,1-4H3. The van der Waals surface area contributed by atoms with Crippen LogP contribution in [0.5, 0.6) is 0 Å². The molecule has 0 aromatic carbocycles. The van der Waals surface area contributed by atoms with E-state index in [4.69, 9.17) is 4.74 Å². The molecule has 3 heteroatoms. The third kappa shape index (κ3) is 5.84. The number of ether oxygens (including phenoxy) is 1. The van der Waals surface area contributed by atoms with Crippen molar-refractivity contribution in [3.05, 3.63) is 0 Å². The highest BCUT2D eigenvalue weighted by Crippen LogP contribution is 2.16. The number of methoxy groups -OCH3 is 1. The monoisotopic (exact) mass is 242 g/mol. The Morgan fingerprint density at radius 3 is 2.41 bits per heavy atom. The molecule has 102 valence electrons. The summed E-state index contributed by atoms with van der Waals surface area (Å²) in [5.74, 6) is 1.52. The lowest BCUT2D eigenvalue weighted by molar-refractivity contribution is 0.0994. The van der Waals surface area contributed by atoms with E-state index in [0.29, 0.717) is 6.04 Å². The van der Waals surface area contributed by atoms with E-state index in [1.807, 2.05) is 7.11 Å². The van der Waals surface area contributed by atoms with Crippen molar-refractivity contribution in [2.75, 3.05) is 39.9 Å². The van der Waals surface area contributed by atoms with Crippen LogP contribution in [0, 0.1) is 11.8 Å². The van der Waals surface area contributed by atoms with Crippen LogP contribution in [0.25, 0.3) is 0 Å². The maximum Gasteiger partial charge on any atom is 0.0491 e. The molecule has 1 atom stereocenters. The average Bonchev–Trinajstić information content (AvgIpc) is 2.31. The fraction of sp³-hybridized carbons (Fsp3) is 1.00. The first-order valence-electron chi connectivity index (χ1n) is 7.08. The maximum absolute atomic E-state index is 5.22. The molecule has 0 saturated carbocycles. The summed E-state index contributed by atoms with van der Waals surface area (Å²) in [5.41, 5.74) is 0. The van der Waals surface area contributed by atoms with Gasteiger partial charge in [0.15, 0.2) is 0 Å². The molecule has 0 aromatic rings. The number of hydrogen-bond acceptors (Lipinski definition) is 3. The zero-order valence-corrected chi connectivity index (χ0v) is 12.0. The Morgan fingerprint density at radius 2 is 1.88 bits per heavy atom. The van der Waals surface area contributed by atoms with Gasteiger partial charge in [0.2, 0.25) is 0 Å². The van der Waals surface area contributed by atoms with Crippen LogP contribution < -0.4 is 5.32 Å². The van der Waals surface area contributed by atoms with Crippen molar-refractivity contribution in [1.82, 2.24) is 10.2 Å². The minimum Gasteiger partial charge on any atom is -0.384 e. The Bertz CT molecular complexity index is 189. The molecular formula is C14H30N2O.